The van der Waals surface area contributed by atoms with Crippen LogP contribution >= 0.6 is 0 Å². The zero-order valence-corrected chi connectivity index (χ0v) is 18.8. The van der Waals surface area contributed by atoms with Crippen molar-refractivity contribution in [2.45, 2.75) is 38.8 Å². The Morgan fingerprint density at radius 1 is 1.07 bits per heavy atom. The second kappa shape index (κ2) is 9.45. The monoisotopic (exact) mass is 427 g/mol. The molecule has 0 atom stereocenters. The van der Waals surface area contributed by atoms with E-state index in [4.69, 9.17) is 4.74 Å². The number of hydrogen-bond acceptors (Lipinski definition) is 4. The summed E-state index contributed by atoms with van der Waals surface area (Å²) in [6.07, 6.45) is 3.59. The summed E-state index contributed by atoms with van der Waals surface area (Å²) in [5.41, 5.74) is 2.12. The second-order valence-corrected chi connectivity index (χ2v) is 9.76. The van der Waals surface area contributed by atoms with Gasteiger partial charge in [0.1, 0.15) is 11.6 Å². The van der Waals surface area contributed by atoms with Crippen molar-refractivity contribution in [3.63, 3.8) is 0 Å². The number of methoxy groups -OCH3 is 1. The fraction of sp³-hybridized carbons (Fsp3) is 0.348. The van der Waals surface area contributed by atoms with Crippen molar-refractivity contribution in [1.29, 1.82) is 0 Å². The van der Waals surface area contributed by atoms with E-state index in [1.54, 1.807) is 25.4 Å². The molecule has 0 spiro atoms. The Hall–Kier alpha value is -2.64. The molecule has 0 saturated carbocycles. The van der Waals surface area contributed by atoms with Gasteiger partial charge >= 0.3 is 0 Å². The fourth-order valence-electron chi connectivity index (χ4n) is 3.24. The summed E-state index contributed by atoms with van der Waals surface area (Å²) in [6.45, 7) is 7.23. The zero-order valence-electron chi connectivity index (χ0n) is 17.9. The van der Waals surface area contributed by atoms with E-state index in [1.165, 1.54) is 4.31 Å². The predicted octanol–water partition coefficient (Wildman–Crippen LogP) is 4.10. The molecule has 0 unspecified atom stereocenters. The Morgan fingerprint density at radius 2 is 1.73 bits per heavy atom. The van der Waals surface area contributed by atoms with E-state index < -0.39 is 10.0 Å². The third-order valence-corrected chi connectivity index (χ3v) is 6.68. The number of imidazole rings is 1. The first-order valence-corrected chi connectivity index (χ1v) is 11.4. The van der Waals surface area contributed by atoms with Crippen LogP contribution in [0, 0.1) is 12.8 Å². The molecule has 160 valence electrons. The standard InChI is InChI=1S/C23H29N3O3S/c1-18(2)15-26(30(27,28)22-11-5-19(3)6-12-22)17-23-24-13-14-25(23)16-20-7-9-21(29-4)10-8-20/h5-14,18H,15-17H2,1-4H3. The molecule has 0 fully saturated rings. The van der Waals surface area contributed by atoms with Crippen LogP contribution in [-0.4, -0.2) is 35.9 Å². The Kier molecular flexibility index (Phi) is 6.95. The van der Waals surface area contributed by atoms with Gasteiger partial charge in [0.2, 0.25) is 10.0 Å². The highest BCUT2D eigenvalue weighted by molar-refractivity contribution is 7.89. The number of hydrogen-bond donors (Lipinski definition) is 0. The van der Waals surface area contributed by atoms with Crippen LogP contribution < -0.4 is 4.74 Å². The van der Waals surface area contributed by atoms with E-state index >= 15 is 0 Å². The maximum atomic E-state index is 13.3. The van der Waals surface area contributed by atoms with Crippen molar-refractivity contribution >= 4 is 10.0 Å². The molecule has 6 nitrogen and oxygen atoms in total. The van der Waals surface area contributed by atoms with Crippen LogP contribution in [-0.2, 0) is 23.1 Å². The Labute approximate surface area is 179 Å². The summed E-state index contributed by atoms with van der Waals surface area (Å²) in [5.74, 6) is 1.70. The minimum Gasteiger partial charge on any atom is -0.497 e. The van der Waals surface area contributed by atoms with Gasteiger partial charge in [0.05, 0.1) is 18.6 Å². The number of nitrogens with zero attached hydrogens (tertiary/aromatic N) is 3. The summed E-state index contributed by atoms with van der Waals surface area (Å²) < 4.78 is 35.4. The second-order valence-electron chi connectivity index (χ2n) is 7.82. The van der Waals surface area contributed by atoms with Crippen LogP contribution in [0.5, 0.6) is 5.75 Å². The zero-order chi connectivity index (χ0) is 21.7. The number of rotatable bonds is 9. The first-order chi connectivity index (χ1) is 14.3. The highest BCUT2D eigenvalue weighted by Gasteiger charge is 2.26. The summed E-state index contributed by atoms with van der Waals surface area (Å²) >= 11 is 0. The van der Waals surface area contributed by atoms with Crippen molar-refractivity contribution in [3.8, 4) is 5.75 Å². The molecule has 3 rings (SSSR count). The lowest BCUT2D eigenvalue weighted by atomic mass is 10.2. The maximum absolute atomic E-state index is 13.3. The lowest BCUT2D eigenvalue weighted by Crippen LogP contribution is -2.34. The fourth-order valence-corrected chi connectivity index (χ4v) is 4.79. The molecular formula is C23H29N3O3S. The van der Waals surface area contributed by atoms with Gasteiger partial charge in [-0.25, -0.2) is 13.4 Å². The molecule has 30 heavy (non-hydrogen) atoms. The summed E-state index contributed by atoms with van der Waals surface area (Å²) in [4.78, 5) is 4.75. The lowest BCUT2D eigenvalue weighted by Gasteiger charge is -2.24. The molecule has 0 aliphatic carbocycles. The summed E-state index contributed by atoms with van der Waals surface area (Å²) in [5, 5.41) is 0. The average Bonchev–Trinajstić information content (AvgIpc) is 3.14. The van der Waals surface area contributed by atoms with E-state index in [-0.39, 0.29) is 12.5 Å². The van der Waals surface area contributed by atoms with E-state index in [0.717, 1.165) is 16.9 Å². The van der Waals surface area contributed by atoms with E-state index in [1.807, 2.05) is 67.9 Å². The maximum Gasteiger partial charge on any atom is 0.243 e. The molecule has 0 aliphatic rings. The molecule has 0 N–H and O–H groups in total. The van der Waals surface area contributed by atoms with Crippen LogP contribution in [0.15, 0.2) is 65.8 Å². The van der Waals surface area contributed by atoms with Gasteiger partial charge in [-0.1, -0.05) is 43.7 Å². The average molecular weight is 428 g/mol. The van der Waals surface area contributed by atoms with Gasteiger partial charge in [-0.3, -0.25) is 0 Å². The van der Waals surface area contributed by atoms with Crippen molar-refractivity contribution in [2.75, 3.05) is 13.7 Å². The molecule has 7 heteroatoms. The van der Waals surface area contributed by atoms with E-state index in [9.17, 15) is 8.42 Å². The first-order valence-electron chi connectivity index (χ1n) is 9.99. The van der Waals surface area contributed by atoms with Gasteiger partial charge in [0.15, 0.2) is 0 Å². The molecule has 0 aliphatic heterocycles. The van der Waals surface area contributed by atoms with Crippen LogP contribution in [0.25, 0.3) is 0 Å². The number of benzene rings is 2. The highest BCUT2D eigenvalue weighted by atomic mass is 32.2. The SMILES string of the molecule is COc1ccc(Cn2ccnc2CN(CC(C)C)S(=O)(=O)c2ccc(C)cc2)cc1. The lowest BCUT2D eigenvalue weighted by molar-refractivity contribution is 0.351. The van der Waals surface area contributed by atoms with Crippen molar-refractivity contribution in [3.05, 3.63) is 77.9 Å². The van der Waals surface area contributed by atoms with Gasteiger partial charge in [0.25, 0.3) is 0 Å². The molecule has 1 heterocycles. The molecule has 0 amide bonds. The quantitative estimate of drug-likeness (QED) is 0.516. The first kappa shape index (κ1) is 22.1. The number of sulfonamides is 1. The third kappa shape index (κ3) is 5.29. The topological polar surface area (TPSA) is 64.4 Å². The molecule has 0 radical (unpaired) electrons. The minimum atomic E-state index is -3.62. The van der Waals surface area contributed by atoms with Crippen LogP contribution in [0.1, 0.15) is 30.8 Å². The molecule has 1 aromatic heterocycles. The summed E-state index contributed by atoms with van der Waals surface area (Å²) in [6, 6.07) is 14.8. The molecule has 0 bridgehead atoms. The van der Waals surface area contributed by atoms with Gasteiger partial charge in [-0.05, 0) is 42.7 Å². The van der Waals surface area contributed by atoms with Crippen LogP contribution in [0.3, 0.4) is 0 Å². The summed E-state index contributed by atoms with van der Waals surface area (Å²) in [7, 11) is -1.98. The molecule has 0 saturated heterocycles. The van der Waals surface area contributed by atoms with Crippen LogP contribution in [0.2, 0.25) is 0 Å². The Balaban J connectivity index is 1.85. The van der Waals surface area contributed by atoms with Crippen molar-refractivity contribution in [2.24, 2.45) is 5.92 Å². The number of ether oxygens (including phenoxy) is 1. The number of aryl methyl sites for hydroxylation is 1. The largest absolute Gasteiger partial charge is 0.497 e. The molecular weight excluding hydrogens is 398 g/mol. The van der Waals surface area contributed by atoms with Gasteiger partial charge < -0.3 is 9.30 Å². The van der Waals surface area contributed by atoms with Crippen molar-refractivity contribution in [1.82, 2.24) is 13.9 Å². The Bertz CT molecular complexity index is 1060. The normalized spacial score (nSPS) is 11.9. The van der Waals surface area contributed by atoms with Gasteiger partial charge in [0, 0.05) is 25.5 Å². The smallest absolute Gasteiger partial charge is 0.243 e. The predicted molar refractivity (Wildman–Crippen MR) is 118 cm³/mol. The van der Waals surface area contributed by atoms with Crippen LogP contribution in [0.4, 0.5) is 0 Å². The van der Waals surface area contributed by atoms with Gasteiger partial charge in [-0.2, -0.15) is 4.31 Å². The van der Waals surface area contributed by atoms with Crippen molar-refractivity contribution < 1.29 is 13.2 Å². The minimum absolute atomic E-state index is 0.190. The van der Waals surface area contributed by atoms with Gasteiger partial charge in [-0.15, -0.1) is 0 Å². The highest BCUT2D eigenvalue weighted by Crippen LogP contribution is 2.21. The molecule has 3 aromatic rings. The number of aromatic nitrogens is 2. The van der Waals surface area contributed by atoms with E-state index in [0.29, 0.717) is 23.8 Å². The molecule has 2 aromatic carbocycles. The van der Waals surface area contributed by atoms with E-state index in [2.05, 4.69) is 4.98 Å². The third-order valence-electron chi connectivity index (χ3n) is 4.86. The Morgan fingerprint density at radius 3 is 2.33 bits per heavy atom.